The third-order valence-corrected chi connectivity index (χ3v) is 7.90. The summed E-state index contributed by atoms with van der Waals surface area (Å²) in [4.78, 5) is 15.5. The Labute approximate surface area is 227 Å². The predicted octanol–water partition coefficient (Wildman–Crippen LogP) is 6.98. The van der Waals surface area contributed by atoms with E-state index in [9.17, 15) is 18.0 Å². The van der Waals surface area contributed by atoms with Crippen molar-refractivity contribution in [3.63, 3.8) is 0 Å². The lowest BCUT2D eigenvalue weighted by Gasteiger charge is -2.35. The molecular formula is C30H25F4N3O3. The van der Waals surface area contributed by atoms with Crippen LogP contribution in [0.1, 0.15) is 47.6 Å². The minimum atomic E-state index is -4.58. The highest BCUT2D eigenvalue weighted by Crippen LogP contribution is 2.40. The summed E-state index contributed by atoms with van der Waals surface area (Å²) in [6.07, 6.45) is -1.56. The second-order valence-corrected chi connectivity index (χ2v) is 10.5. The molecule has 3 aromatic carbocycles. The number of aliphatic carboxylic acids is 1. The number of fused-ring (bicyclic) bond motifs is 1. The monoisotopic (exact) mass is 551 g/mol. The van der Waals surface area contributed by atoms with Gasteiger partial charge >= 0.3 is 12.1 Å². The number of carbonyl (C=O) groups is 1. The largest absolute Gasteiger partial charge is 0.481 e. The first-order valence-corrected chi connectivity index (χ1v) is 13.0. The van der Waals surface area contributed by atoms with Gasteiger partial charge in [-0.1, -0.05) is 35.5 Å². The van der Waals surface area contributed by atoms with Crippen LogP contribution in [0.5, 0.6) is 0 Å². The zero-order valence-electron chi connectivity index (χ0n) is 21.4. The van der Waals surface area contributed by atoms with Gasteiger partial charge in [-0.3, -0.25) is 4.79 Å². The molecule has 40 heavy (non-hydrogen) atoms. The van der Waals surface area contributed by atoms with Crippen molar-refractivity contribution in [2.75, 3.05) is 0 Å². The fourth-order valence-electron chi connectivity index (χ4n) is 5.72. The Balaban J connectivity index is 1.23. The van der Waals surface area contributed by atoms with E-state index in [1.807, 2.05) is 18.2 Å². The number of aromatic nitrogens is 2. The Morgan fingerprint density at radius 2 is 1.82 bits per heavy atom. The maximum atomic E-state index is 15.2. The highest BCUT2D eigenvalue weighted by molar-refractivity contribution is 5.75. The number of hydrogen-bond donors (Lipinski definition) is 2. The molecule has 1 atom stereocenters. The average Bonchev–Trinajstić information content (AvgIpc) is 3.53. The molecule has 1 saturated carbocycles. The summed E-state index contributed by atoms with van der Waals surface area (Å²) in [7, 11) is 0. The number of rotatable bonds is 6. The summed E-state index contributed by atoms with van der Waals surface area (Å²) < 4.78 is 61.2. The topological polar surface area (TPSA) is 88.2 Å². The zero-order chi connectivity index (χ0) is 28.2. The lowest BCUT2D eigenvalue weighted by molar-refractivity contribution is -0.145. The normalized spacial score (nSPS) is 20.3. The van der Waals surface area contributed by atoms with Crippen molar-refractivity contribution in [1.82, 2.24) is 15.5 Å². The van der Waals surface area contributed by atoms with Gasteiger partial charge in [-0.25, -0.2) is 4.39 Å². The molecule has 0 aliphatic heterocycles. The molecule has 0 saturated heterocycles. The number of carboxylic acids is 1. The number of nitrogens with one attached hydrogen (secondary N) is 1. The van der Waals surface area contributed by atoms with Crippen LogP contribution < -0.4 is 5.32 Å². The van der Waals surface area contributed by atoms with E-state index in [1.165, 1.54) is 24.3 Å². The van der Waals surface area contributed by atoms with Crippen LogP contribution in [-0.2, 0) is 17.4 Å². The fraction of sp³-hybridized carbons (Fsp3) is 0.300. The third-order valence-electron chi connectivity index (χ3n) is 7.90. The van der Waals surface area contributed by atoms with Crippen molar-refractivity contribution in [2.24, 2.45) is 5.92 Å². The van der Waals surface area contributed by atoms with Crippen LogP contribution in [0.15, 0.2) is 59.1 Å². The Morgan fingerprint density at radius 1 is 1.05 bits per heavy atom. The number of hydrogen-bond acceptors (Lipinski definition) is 5. The van der Waals surface area contributed by atoms with Gasteiger partial charge in [0.1, 0.15) is 5.82 Å². The summed E-state index contributed by atoms with van der Waals surface area (Å²) in [5.41, 5.74) is 2.63. The lowest BCUT2D eigenvalue weighted by Crippen LogP contribution is -2.45. The molecular weight excluding hydrogens is 526 g/mol. The molecule has 1 fully saturated rings. The highest BCUT2D eigenvalue weighted by Gasteiger charge is 2.37. The van der Waals surface area contributed by atoms with E-state index < -0.39 is 23.5 Å². The Hall–Kier alpha value is -4.05. The molecule has 6 rings (SSSR count). The molecule has 206 valence electrons. The van der Waals surface area contributed by atoms with E-state index in [-0.39, 0.29) is 46.4 Å². The van der Waals surface area contributed by atoms with E-state index in [0.717, 1.165) is 36.1 Å². The van der Waals surface area contributed by atoms with Crippen LogP contribution in [0.4, 0.5) is 17.6 Å². The van der Waals surface area contributed by atoms with Crippen molar-refractivity contribution in [3.8, 4) is 34.0 Å². The molecule has 2 aliphatic carbocycles. The number of halogens is 4. The number of carboxylic acid groups (broad SMARTS) is 1. The third kappa shape index (κ3) is 4.77. The van der Waals surface area contributed by atoms with Gasteiger partial charge in [0.25, 0.3) is 5.89 Å². The molecule has 0 spiro atoms. The zero-order valence-corrected chi connectivity index (χ0v) is 21.4. The minimum absolute atomic E-state index is 0.00933. The first kappa shape index (κ1) is 26.2. The summed E-state index contributed by atoms with van der Waals surface area (Å²) >= 11 is 0. The first-order chi connectivity index (χ1) is 19.1. The standard InChI is InChI=1S/C30H25F4N3O3/c1-15-10-23(25(31)14-22(15)21-4-2-3-5-24(21)30(32,33)34)28-36-27(37-40-28)17-6-8-20-16(11-17)7-9-26(20)35-19-12-18(13-19)29(38)39/h2-6,8,10-11,14,18-19,26,35H,7,9,12-13H2,1H3,(H,38,39). The molecule has 0 amide bonds. The van der Waals surface area contributed by atoms with Crippen LogP contribution in [0.3, 0.4) is 0 Å². The molecule has 1 aromatic heterocycles. The first-order valence-electron chi connectivity index (χ1n) is 13.0. The highest BCUT2D eigenvalue weighted by atomic mass is 19.4. The van der Waals surface area contributed by atoms with Crippen LogP contribution in [0.25, 0.3) is 34.0 Å². The van der Waals surface area contributed by atoms with Gasteiger partial charge in [-0.2, -0.15) is 18.2 Å². The molecule has 10 heteroatoms. The molecule has 1 heterocycles. The molecule has 0 radical (unpaired) electrons. The fourth-order valence-corrected chi connectivity index (χ4v) is 5.72. The smallest absolute Gasteiger partial charge is 0.417 e. The average molecular weight is 552 g/mol. The SMILES string of the molecule is Cc1cc(-c2nc(-c3ccc4c(c3)CCC4NC3CC(C(=O)O)C3)no2)c(F)cc1-c1ccccc1C(F)(F)F. The van der Waals surface area contributed by atoms with Crippen LogP contribution in [-0.4, -0.2) is 27.3 Å². The van der Waals surface area contributed by atoms with Crippen molar-refractivity contribution >= 4 is 5.97 Å². The van der Waals surface area contributed by atoms with Gasteiger partial charge in [0.2, 0.25) is 5.82 Å². The van der Waals surface area contributed by atoms with Crippen molar-refractivity contribution in [2.45, 2.75) is 50.9 Å². The molecule has 4 aromatic rings. The van der Waals surface area contributed by atoms with E-state index >= 15 is 4.39 Å². The van der Waals surface area contributed by atoms with Crippen molar-refractivity contribution in [1.29, 1.82) is 0 Å². The van der Waals surface area contributed by atoms with Gasteiger partial charge in [-0.05, 0) is 84.7 Å². The van der Waals surface area contributed by atoms with Crippen LogP contribution in [0.2, 0.25) is 0 Å². The van der Waals surface area contributed by atoms with Gasteiger partial charge in [0.05, 0.1) is 17.0 Å². The van der Waals surface area contributed by atoms with Crippen molar-refractivity contribution < 1.29 is 32.0 Å². The van der Waals surface area contributed by atoms with Crippen molar-refractivity contribution in [3.05, 3.63) is 82.7 Å². The Kier molecular flexibility index (Phi) is 6.45. The molecule has 0 bridgehead atoms. The minimum Gasteiger partial charge on any atom is -0.481 e. The molecule has 2 aliphatic rings. The van der Waals surface area contributed by atoms with Crippen LogP contribution >= 0.6 is 0 Å². The van der Waals surface area contributed by atoms with Gasteiger partial charge in [0, 0.05) is 17.6 Å². The number of nitrogens with zero attached hydrogens (tertiary/aromatic N) is 2. The van der Waals surface area contributed by atoms with Gasteiger partial charge in [0.15, 0.2) is 0 Å². The quantitative estimate of drug-likeness (QED) is 0.252. The summed E-state index contributed by atoms with van der Waals surface area (Å²) in [5.74, 6) is -1.57. The predicted molar refractivity (Wildman–Crippen MR) is 139 cm³/mol. The maximum absolute atomic E-state index is 15.2. The summed E-state index contributed by atoms with van der Waals surface area (Å²) in [6.45, 7) is 1.61. The maximum Gasteiger partial charge on any atom is 0.417 e. The van der Waals surface area contributed by atoms with E-state index in [4.69, 9.17) is 9.63 Å². The number of alkyl halides is 3. The summed E-state index contributed by atoms with van der Waals surface area (Å²) in [5, 5.41) is 16.7. The number of aryl methyl sites for hydroxylation is 2. The lowest BCUT2D eigenvalue weighted by atomic mass is 9.80. The molecule has 1 unspecified atom stereocenters. The molecule has 2 N–H and O–H groups in total. The van der Waals surface area contributed by atoms with Crippen LogP contribution in [0, 0.1) is 18.7 Å². The summed E-state index contributed by atoms with van der Waals surface area (Å²) in [6, 6.07) is 13.8. The molecule has 6 nitrogen and oxygen atoms in total. The van der Waals surface area contributed by atoms with Gasteiger partial charge < -0.3 is 14.9 Å². The van der Waals surface area contributed by atoms with E-state index in [0.29, 0.717) is 24.0 Å². The van der Waals surface area contributed by atoms with E-state index in [1.54, 1.807) is 6.92 Å². The van der Waals surface area contributed by atoms with E-state index in [2.05, 4.69) is 15.5 Å². The Morgan fingerprint density at radius 3 is 2.58 bits per heavy atom. The number of benzene rings is 3. The Bertz CT molecular complexity index is 1610. The second-order valence-electron chi connectivity index (χ2n) is 10.5. The second kappa shape index (κ2) is 9.85. The van der Waals surface area contributed by atoms with Gasteiger partial charge in [-0.15, -0.1) is 0 Å².